The summed E-state index contributed by atoms with van der Waals surface area (Å²) in [5.41, 5.74) is 1.02. The van der Waals surface area contributed by atoms with Crippen LogP contribution in [-0.2, 0) is 5.54 Å². The van der Waals surface area contributed by atoms with Crippen molar-refractivity contribution >= 4 is 11.0 Å². The summed E-state index contributed by atoms with van der Waals surface area (Å²) in [5, 5.41) is 9.40. The number of benzene rings is 1. The molecule has 0 aliphatic heterocycles. The number of nitrogens with zero attached hydrogens (tertiary/aromatic N) is 1. The molecule has 1 heterocycles. The van der Waals surface area contributed by atoms with Gasteiger partial charge in [0, 0.05) is 11.6 Å². The van der Waals surface area contributed by atoms with Gasteiger partial charge in [0.1, 0.15) is 5.75 Å². The maximum atomic E-state index is 11.7. The van der Waals surface area contributed by atoms with Crippen LogP contribution in [0.3, 0.4) is 0 Å². The molecule has 0 amide bonds. The Morgan fingerprint density at radius 1 is 1.33 bits per heavy atom. The van der Waals surface area contributed by atoms with E-state index < -0.39 is 0 Å². The normalized spacial score (nSPS) is 12.2. The third kappa shape index (κ3) is 1.52. The molecule has 0 atom stereocenters. The average molecular weight is 206 g/mol. The molecule has 0 fully saturated rings. The van der Waals surface area contributed by atoms with Gasteiger partial charge >= 0.3 is 5.69 Å². The molecule has 2 N–H and O–H groups in total. The quantitative estimate of drug-likeness (QED) is 0.690. The number of hydrogen-bond donors (Lipinski definition) is 2. The Labute approximate surface area is 87.2 Å². The summed E-state index contributed by atoms with van der Waals surface area (Å²) in [6, 6.07) is 4.86. The fourth-order valence-corrected chi connectivity index (χ4v) is 1.76. The molecule has 2 aromatic rings. The highest BCUT2D eigenvalue weighted by Gasteiger charge is 2.19. The van der Waals surface area contributed by atoms with Crippen molar-refractivity contribution < 1.29 is 5.11 Å². The molecule has 4 heteroatoms. The van der Waals surface area contributed by atoms with Crippen LogP contribution in [0, 0.1) is 0 Å². The predicted molar refractivity (Wildman–Crippen MR) is 59.2 cm³/mol. The van der Waals surface area contributed by atoms with Gasteiger partial charge in [0.25, 0.3) is 0 Å². The second-order valence-corrected chi connectivity index (χ2v) is 4.64. The van der Waals surface area contributed by atoms with E-state index in [1.54, 1.807) is 22.8 Å². The van der Waals surface area contributed by atoms with Gasteiger partial charge in [-0.3, -0.25) is 4.57 Å². The highest BCUT2D eigenvalue weighted by molar-refractivity contribution is 5.77. The van der Waals surface area contributed by atoms with Crippen molar-refractivity contribution in [3.05, 3.63) is 28.7 Å². The molecule has 0 radical (unpaired) electrons. The van der Waals surface area contributed by atoms with Gasteiger partial charge in [-0.15, -0.1) is 0 Å². The molecular weight excluding hydrogens is 192 g/mol. The Kier molecular flexibility index (Phi) is 1.89. The first-order chi connectivity index (χ1) is 6.89. The van der Waals surface area contributed by atoms with Gasteiger partial charge in [0.2, 0.25) is 0 Å². The van der Waals surface area contributed by atoms with Crippen LogP contribution >= 0.6 is 0 Å². The Morgan fingerprint density at radius 2 is 2.00 bits per heavy atom. The van der Waals surface area contributed by atoms with Crippen molar-refractivity contribution in [1.82, 2.24) is 9.55 Å². The van der Waals surface area contributed by atoms with Gasteiger partial charge in [-0.2, -0.15) is 0 Å². The van der Waals surface area contributed by atoms with Gasteiger partial charge in [0.05, 0.1) is 11.0 Å². The number of H-pyrrole nitrogens is 1. The van der Waals surface area contributed by atoms with Crippen LogP contribution < -0.4 is 5.69 Å². The third-order valence-corrected chi connectivity index (χ3v) is 2.34. The molecule has 0 aliphatic carbocycles. The lowest BCUT2D eigenvalue weighted by Gasteiger charge is -2.20. The molecule has 0 bridgehead atoms. The Morgan fingerprint density at radius 3 is 2.60 bits per heavy atom. The predicted octanol–water partition coefficient (Wildman–Crippen LogP) is 1.79. The molecule has 0 aliphatic rings. The lowest BCUT2D eigenvalue weighted by atomic mass is 10.1. The summed E-state index contributed by atoms with van der Waals surface area (Å²) >= 11 is 0. The van der Waals surface area contributed by atoms with Crippen LogP contribution in [0.4, 0.5) is 0 Å². The number of aromatic amines is 1. The number of aromatic nitrogens is 2. The number of nitrogens with one attached hydrogen (secondary N) is 1. The number of phenols is 1. The van der Waals surface area contributed by atoms with Crippen molar-refractivity contribution in [2.24, 2.45) is 0 Å². The summed E-state index contributed by atoms with van der Waals surface area (Å²) in [5.74, 6) is 0.166. The molecular formula is C11H14N2O2. The van der Waals surface area contributed by atoms with Crippen LogP contribution in [0.15, 0.2) is 23.0 Å². The van der Waals surface area contributed by atoms with E-state index in [0.717, 1.165) is 11.0 Å². The second kappa shape index (κ2) is 2.89. The van der Waals surface area contributed by atoms with Gasteiger partial charge in [-0.05, 0) is 32.9 Å². The monoisotopic (exact) mass is 206 g/mol. The molecule has 4 nitrogen and oxygen atoms in total. The lowest BCUT2D eigenvalue weighted by Crippen LogP contribution is -2.31. The van der Waals surface area contributed by atoms with Crippen molar-refractivity contribution in [2.75, 3.05) is 0 Å². The summed E-state index contributed by atoms with van der Waals surface area (Å²) in [6.07, 6.45) is 0. The summed E-state index contributed by atoms with van der Waals surface area (Å²) < 4.78 is 1.64. The first kappa shape index (κ1) is 9.83. The molecule has 1 aromatic heterocycles. The smallest absolute Gasteiger partial charge is 0.326 e. The number of fused-ring (bicyclic) bond motifs is 1. The van der Waals surface area contributed by atoms with Crippen molar-refractivity contribution in [3.63, 3.8) is 0 Å². The first-order valence-corrected chi connectivity index (χ1v) is 4.84. The lowest BCUT2D eigenvalue weighted by molar-refractivity contribution is 0.396. The van der Waals surface area contributed by atoms with Crippen molar-refractivity contribution in [3.8, 4) is 5.75 Å². The highest BCUT2D eigenvalue weighted by Crippen LogP contribution is 2.22. The minimum absolute atomic E-state index is 0.150. The second-order valence-electron chi connectivity index (χ2n) is 4.64. The van der Waals surface area contributed by atoms with Gasteiger partial charge in [0.15, 0.2) is 0 Å². The molecule has 0 saturated heterocycles. The Hall–Kier alpha value is -1.71. The third-order valence-electron chi connectivity index (χ3n) is 2.34. The number of phenolic OH excluding ortho intramolecular Hbond substituents is 1. The van der Waals surface area contributed by atoms with Gasteiger partial charge < -0.3 is 10.1 Å². The topological polar surface area (TPSA) is 58.0 Å². The zero-order valence-corrected chi connectivity index (χ0v) is 9.03. The van der Waals surface area contributed by atoms with E-state index in [2.05, 4.69) is 4.98 Å². The zero-order chi connectivity index (χ0) is 11.2. The minimum Gasteiger partial charge on any atom is -0.508 e. The minimum atomic E-state index is -0.302. The molecule has 1 aromatic carbocycles. The molecule has 0 saturated carbocycles. The number of aromatic hydroxyl groups is 1. The van der Waals surface area contributed by atoms with Crippen LogP contribution in [-0.4, -0.2) is 14.7 Å². The molecule has 15 heavy (non-hydrogen) atoms. The SMILES string of the molecule is CC(C)(C)n1c(=O)[nH]c2ccc(O)cc21. The van der Waals surface area contributed by atoms with Crippen molar-refractivity contribution in [2.45, 2.75) is 26.3 Å². The number of hydrogen-bond acceptors (Lipinski definition) is 2. The maximum Gasteiger partial charge on any atom is 0.326 e. The molecule has 0 unspecified atom stereocenters. The van der Waals surface area contributed by atoms with E-state index >= 15 is 0 Å². The Balaban J connectivity index is 2.89. The fourth-order valence-electron chi connectivity index (χ4n) is 1.76. The molecule has 0 spiro atoms. The van der Waals surface area contributed by atoms with E-state index in [1.165, 1.54) is 0 Å². The average Bonchev–Trinajstić information content (AvgIpc) is 2.38. The summed E-state index contributed by atoms with van der Waals surface area (Å²) in [4.78, 5) is 14.5. The number of rotatable bonds is 0. The fraction of sp³-hybridized carbons (Fsp3) is 0.364. The largest absolute Gasteiger partial charge is 0.508 e. The molecule has 80 valence electrons. The van der Waals surface area contributed by atoms with E-state index in [9.17, 15) is 9.90 Å². The standard InChI is InChI=1S/C11H14N2O2/c1-11(2,3)13-9-6-7(14)4-5-8(9)12-10(13)15/h4-6,14H,1-3H3,(H,12,15). The Bertz CT molecular complexity index is 558. The summed E-state index contributed by atoms with van der Waals surface area (Å²) in [6.45, 7) is 5.85. The van der Waals surface area contributed by atoms with Crippen molar-refractivity contribution in [1.29, 1.82) is 0 Å². The zero-order valence-electron chi connectivity index (χ0n) is 9.03. The maximum absolute atomic E-state index is 11.7. The van der Waals surface area contributed by atoms with Gasteiger partial charge in [-0.1, -0.05) is 0 Å². The molecule has 2 rings (SSSR count). The van der Waals surface area contributed by atoms with E-state index in [0.29, 0.717) is 0 Å². The van der Waals surface area contributed by atoms with E-state index in [-0.39, 0.29) is 17.0 Å². The van der Waals surface area contributed by atoms with Crippen LogP contribution in [0.5, 0.6) is 5.75 Å². The van der Waals surface area contributed by atoms with Crippen LogP contribution in [0.25, 0.3) is 11.0 Å². The van der Waals surface area contributed by atoms with E-state index in [1.807, 2.05) is 20.8 Å². The van der Waals surface area contributed by atoms with E-state index in [4.69, 9.17) is 0 Å². The summed E-state index contributed by atoms with van der Waals surface area (Å²) in [7, 11) is 0. The first-order valence-electron chi connectivity index (χ1n) is 4.84. The number of imidazole rings is 1. The highest BCUT2D eigenvalue weighted by atomic mass is 16.3. The van der Waals surface area contributed by atoms with Crippen LogP contribution in [0.1, 0.15) is 20.8 Å². The van der Waals surface area contributed by atoms with Crippen LogP contribution in [0.2, 0.25) is 0 Å². The van der Waals surface area contributed by atoms with Gasteiger partial charge in [-0.25, -0.2) is 4.79 Å².